The number of benzene rings is 1. The van der Waals surface area contributed by atoms with Crippen LogP contribution in [0, 0.1) is 0 Å². The van der Waals surface area contributed by atoms with Gasteiger partial charge in [-0.25, -0.2) is 0 Å². The fourth-order valence-corrected chi connectivity index (χ4v) is 2.70. The van der Waals surface area contributed by atoms with Crippen LogP contribution in [0.15, 0.2) is 30.3 Å². The Bertz CT molecular complexity index is 428. The summed E-state index contributed by atoms with van der Waals surface area (Å²) in [6, 6.07) is 10.1. The zero-order chi connectivity index (χ0) is 15.0. The number of nitrogens with two attached hydrogens (primary N) is 1. The van der Waals surface area contributed by atoms with Crippen LogP contribution in [0.1, 0.15) is 44.1 Å². The Morgan fingerprint density at radius 3 is 2.62 bits per heavy atom. The Kier molecular flexibility index (Phi) is 6.21. The van der Waals surface area contributed by atoms with Gasteiger partial charge < -0.3 is 15.8 Å². The molecule has 2 rings (SSSR count). The van der Waals surface area contributed by atoms with E-state index in [4.69, 9.17) is 10.5 Å². The predicted octanol–water partition coefficient (Wildman–Crippen LogP) is 2.37. The third kappa shape index (κ3) is 5.14. The molecule has 1 aliphatic rings. The number of carbonyl (C=O) groups is 1. The maximum Gasteiger partial charge on any atom is 0.240 e. The maximum absolute atomic E-state index is 12.0. The topological polar surface area (TPSA) is 64.4 Å². The molecule has 0 unspecified atom stereocenters. The Balaban J connectivity index is 1.49. The second kappa shape index (κ2) is 8.15. The molecule has 0 aromatic heterocycles. The second-order valence-electron chi connectivity index (χ2n) is 5.86. The number of ether oxygens (including phenoxy) is 1. The van der Waals surface area contributed by atoms with Crippen molar-refractivity contribution < 1.29 is 9.53 Å². The largest absolute Gasteiger partial charge is 0.377 e. The van der Waals surface area contributed by atoms with Crippen molar-refractivity contribution in [3.8, 4) is 0 Å². The third-order valence-corrected chi connectivity index (χ3v) is 4.06. The van der Waals surface area contributed by atoms with Crippen LogP contribution in [0.3, 0.4) is 0 Å². The molecule has 3 N–H and O–H groups in total. The number of rotatable bonds is 8. The van der Waals surface area contributed by atoms with Gasteiger partial charge in [-0.3, -0.25) is 4.79 Å². The van der Waals surface area contributed by atoms with Gasteiger partial charge in [0.05, 0.1) is 12.1 Å². The van der Waals surface area contributed by atoms with Crippen molar-refractivity contribution in [3.05, 3.63) is 35.9 Å². The number of hydrogen-bond donors (Lipinski definition) is 2. The number of nitrogens with one attached hydrogen (secondary N) is 1. The lowest BCUT2D eigenvalue weighted by atomic mass is 9.98. The fourth-order valence-electron chi connectivity index (χ4n) is 2.70. The quantitative estimate of drug-likeness (QED) is 0.722. The summed E-state index contributed by atoms with van der Waals surface area (Å²) in [4.78, 5) is 12.0. The molecule has 0 bridgehead atoms. The van der Waals surface area contributed by atoms with E-state index < -0.39 is 5.54 Å². The van der Waals surface area contributed by atoms with Crippen molar-refractivity contribution in [3.63, 3.8) is 0 Å². The first-order chi connectivity index (χ1) is 10.2. The van der Waals surface area contributed by atoms with E-state index in [1.54, 1.807) is 0 Å². The monoisotopic (exact) mass is 290 g/mol. The van der Waals surface area contributed by atoms with E-state index in [2.05, 4.69) is 17.4 Å². The Morgan fingerprint density at radius 2 is 1.90 bits per heavy atom. The summed E-state index contributed by atoms with van der Waals surface area (Å²) in [6.45, 7) is 2.06. The van der Waals surface area contributed by atoms with Gasteiger partial charge in [0.15, 0.2) is 0 Å². The van der Waals surface area contributed by atoms with Crippen molar-refractivity contribution in [2.75, 3.05) is 13.2 Å². The summed E-state index contributed by atoms with van der Waals surface area (Å²) in [6.07, 6.45) is 5.65. The van der Waals surface area contributed by atoms with Crippen LogP contribution >= 0.6 is 0 Å². The highest BCUT2D eigenvalue weighted by molar-refractivity contribution is 5.86. The first kappa shape index (κ1) is 16.0. The van der Waals surface area contributed by atoms with Crippen LogP contribution in [0.5, 0.6) is 0 Å². The summed E-state index contributed by atoms with van der Waals surface area (Å²) >= 11 is 0. The first-order valence-corrected chi connectivity index (χ1v) is 7.90. The average Bonchev–Trinajstić information content (AvgIpc) is 2.95. The summed E-state index contributed by atoms with van der Waals surface area (Å²) < 4.78 is 5.61. The second-order valence-corrected chi connectivity index (χ2v) is 5.86. The lowest BCUT2D eigenvalue weighted by Crippen LogP contribution is -2.52. The Morgan fingerprint density at radius 1 is 1.19 bits per heavy atom. The SMILES string of the molecule is NC1(C(=O)NCCCCOCc2ccccc2)CCCC1. The maximum atomic E-state index is 12.0. The number of hydrogen-bond acceptors (Lipinski definition) is 3. The van der Waals surface area contributed by atoms with Crippen LogP contribution in [0.4, 0.5) is 0 Å². The average molecular weight is 290 g/mol. The van der Waals surface area contributed by atoms with E-state index in [0.717, 1.165) is 45.1 Å². The Hall–Kier alpha value is -1.39. The van der Waals surface area contributed by atoms with Gasteiger partial charge in [0.25, 0.3) is 0 Å². The van der Waals surface area contributed by atoms with E-state index in [1.807, 2.05) is 18.2 Å². The van der Waals surface area contributed by atoms with Crippen LogP contribution in [0.25, 0.3) is 0 Å². The van der Waals surface area contributed by atoms with E-state index >= 15 is 0 Å². The molecule has 0 radical (unpaired) electrons. The number of carbonyl (C=O) groups excluding carboxylic acids is 1. The van der Waals surface area contributed by atoms with Gasteiger partial charge in [-0.15, -0.1) is 0 Å². The van der Waals surface area contributed by atoms with E-state index in [9.17, 15) is 4.79 Å². The molecule has 21 heavy (non-hydrogen) atoms. The van der Waals surface area contributed by atoms with Crippen molar-refractivity contribution in [1.82, 2.24) is 5.32 Å². The van der Waals surface area contributed by atoms with E-state index in [1.165, 1.54) is 5.56 Å². The molecule has 4 nitrogen and oxygen atoms in total. The van der Waals surface area contributed by atoms with Crippen molar-refractivity contribution in [2.24, 2.45) is 5.73 Å². The molecule has 0 spiro atoms. The van der Waals surface area contributed by atoms with Gasteiger partial charge in [0, 0.05) is 13.2 Å². The molecule has 1 aromatic rings. The normalized spacial score (nSPS) is 16.8. The molecule has 0 aliphatic heterocycles. The minimum Gasteiger partial charge on any atom is -0.377 e. The van der Waals surface area contributed by atoms with Crippen LogP contribution in [-0.2, 0) is 16.1 Å². The minimum atomic E-state index is -0.607. The molecule has 0 atom stereocenters. The van der Waals surface area contributed by atoms with Crippen molar-refractivity contribution >= 4 is 5.91 Å². The van der Waals surface area contributed by atoms with Gasteiger partial charge in [0.2, 0.25) is 5.91 Å². The van der Waals surface area contributed by atoms with Crippen molar-refractivity contribution in [2.45, 2.75) is 50.7 Å². The summed E-state index contributed by atoms with van der Waals surface area (Å²) in [7, 11) is 0. The molecule has 4 heteroatoms. The third-order valence-electron chi connectivity index (χ3n) is 4.06. The predicted molar refractivity (Wildman–Crippen MR) is 83.7 cm³/mol. The summed E-state index contributed by atoms with van der Waals surface area (Å²) in [5.41, 5.74) is 6.68. The summed E-state index contributed by atoms with van der Waals surface area (Å²) in [5, 5.41) is 2.95. The molecule has 1 aliphatic carbocycles. The first-order valence-electron chi connectivity index (χ1n) is 7.90. The highest BCUT2D eigenvalue weighted by atomic mass is 16.5. The molecular weight excluding hydrogens is 264 g/mol. The molecule has 1 aromatic carbocycles. The van der Waals surface area contributed by atoms with Gasteiger partial charge >= 0.3 is 0 Å². The van der Waals surface area contributed by atoms with Crippen LogP contribution in [0.2, 0.25) is 0 Å². The molecular formula is C17H26N2O2. The smallest absolute Gasteiger partial charge is 0.240 e. The molecule has 0 heterocycles. The van der Waals surface area contributed by atoms with Crippen LogP contribution < -0.4 is 11.1 Å². The molecule has 0 saturated heterocycles. The number of amides is 1. The highest BCUT2D eigenvalue weighted by Crippen LogP contribution is 2.27. The van der Waals surface area contributed by atoms with Crippen molar-refractivity contribution in [1.29, 1.82) is 0 Å². The zero-order valence-corrected chi connectivity index (χ0v) is 12.6. The van der Waals surface area contributed by atoms with Gasteiger partial charge in [0.1, 0.15) is 0 Å². The molecule has 1 saturated carbocycles. The lowest BCUT2D eigenvalue weighted by molar-refractivity contribution is -0.126. The van der Waals surface area contributed by atoms with Crippen LogP contribution in [-0.4, -0.2) is 24.6 Å². The Labute approximate surface area is 127 Å². The van der Waals surface area contributed by atoms with Gasteiger partial charge in [-0.1, -0.05) is 43.2 Å². The van der Waals surface area contributed by atoms with Gasteiger partial charge in [-0.05, 0) is 31.2 Å². The minimum absolute atomic E-state index is 0.0187. The zero-order valence-electron chi connectivity index (χ0n) is 12.6. The molecule has 1 amide bonds. The van der Waals surface area contributed by atoms with Gasteiger partial charge in [-0.2, -0.15) is 0 Å². The molecule has 116 valence electrons. The standard InChI is InChI=1S/C17H26N2O2/c18-17(10-4-5-11-17)16(20)19-12-6-7-13-21-14-15-8-2-1-3-9-15/h1-3,8-9H,4-7,10-14,18H2,(H,19,20). The molecule has 1 fully saturated rings. The summed E-state index contributed by atoms with van der Waals surface area (Å²) in [5.74, 6) is 0.0187. The number of unbranched alkanes of at least 4 members (excludes halogenated alkanes) is 1. The van der Waals surface area contributed by atoms with E-state index in [-0.39, 0.29) is 5.91 Å². The lowest BCUT2D eigenvalue weighted by Gasteiger charge is -2.22. The highest BCUT2D eigenvalue weighted by Gasteiger charge is 2.36. The fraction of sp³-hybridized carbons (Fsp3) is 0.588. The van der Waals surface area contributed by atoms with E-state index in [0.29, 0.717) is 13.2 Å².